The Morgan fingerprint density at radius 3 is 2.18 bits per heavy atom. The maximum absolute atomic E-state index is 4.28. The number of hydrogen-bond acceptors (Lipinski definition) is 0. The Bertz CT molecular complexity index is 1360. The molecule has 2 aromatic carbocycles. The Kier molecular flexibility index (Phi) is 4.62. The molecule has 4 aromatic rings. The van der Waals surface area contributed by atoms with Gasteiger partial charge < -0.3 is 9.97 Å². The van der Waals surface area contributed by atoms with Crippen molar-refractivity contribution < 1.29 is 0 Å². The summed E-state index contributed by atoms with van der Waals surface area (Å²) in [4.78, 5) is 6.89. The minimum absolute atomic E-state index is 1.03. The average Bonchev–Trinajstić information content (AvgIpc) is 3.23. The average molecular weight is 364 g/mol. The predicted octanol–water partition coefficient (Wildman–Crippen LogP) is 5.76. The van der Waals surface area contributed by atoms with Gasteiger partial charge in [-0.25, -0.2) is 0 Å². The van der Waals surface area contributed by atoms with Crippen molar-refractivity contribution in [2.24, 2.45) is 0 Å². The molecule has 138 valence electrons. The van der Waals surface area contributed by atoms with Gasteiger partial charge in [-0.1, -0.05) is 49.6 Å². The van der Waals surface area contributed by atoms with E-state index < -0.39 is 0 Å². The molecule has 0 fully saturated rings. The van der Waals surface area contributed by atoms with Crippen LogP contribution in [0.1, 0.15) is 25.1 Å². The van der Waals surface area contributed by atoms with Gasteiger partial charge in [0.05, 0.1) is 0 Å². The molecule has 4 rings (SSSR count). The topological polar surface area (TPSA) is 31.6 Å². The number of hydrogen-bond donors (Lipinski definition) is 2. The predicted molar refractivity (Wildman–Crippen MR) is 124 cm³/mol. The summed E-state index contributed by atoms with van der Waals surface area (Å²) in [6.07, 6.45) is 12.2. The van der Waals surface area contributed by atoms with E-state index in [2.05, 4.69) is 77.8 Å². The van der Waals surface area contributed by atoms with E-state index in [1.807, 2.05) is 32.1 Å². The normalized spacial score (nSPS) is 12.9. The Morgan fingerprint density at radius 2 is 1.54 bits per heavy atom. The number of fused-ring (bicyclic) bond motifs is 2. The highest BCUT2D eigenvalue weighted by Gasteiger charge is 2.09. The van der Waals surface area contributed by atoms with Crippen molar-refractivity contribution in [2.75, 3.05) is 0 Å². The Hall–Kier alpha value is -3.52. The fraction of sp³-hybridized carbons (Fsp3) is 0.0769. The van der Waals surface area contributed by atoms with Crippen molar-refractivity contribution in [1.82, 2.24) is 9.97 Å². The van der Waals surface area contributed by atoms with Gasteiger partial charge in [-0.3, -0.25) is 0 Å². The van der Waals surface area contributed by atoms with Crippen LogP contribution < -0.4 is 10.6 Å². The number of aromatic amines is 2. The van der Waals surface area contributed by atoms with Gasteiger partial charge in [0, 0.05) is 43.6 Å². The van der Waals surface area contributed by atoms with Crippen molar-refractivity contribution in [3.05, 3.63) is 83.0 Å². The summed E-state index contributed by atoms with van der Waals surface area (Å²) in [6.45, 7) is 12.3. The third-order valence-electron chi connectivity index (χ3n) is 5.13. The fourth-order valence-corrected chi connectivity index (χ4v) is 3.70. The van der Waals surface area contributed by atoms with Crippen molar-refractivity contribution >= 4 is 46.6 Å². The Balaban J connectivity index is 1.91. The summed E-state index contributed by atoms with van der Waals surface area (Å²) in [5.74, 6) is 0. The van der Waals surface area contributed by atoms with E-state index in [9.17, 15) is 0 Å². The molecule has 0 saturated heterocycles. The first-order chi connectivity index (χ1) is 13.7. The van der Waals surface area contributed by atoms with Crippen LogP contribution in [0.3, 0.4) is 0 Å². The number of rotatable bonds is 4. The van der Waals surface area contributed by atoms with Gasteiger partial charge in [-0.15, -0.1) is 0 Å². The first-order valence-electron chi connectivity index (χ1n) is 9.51. The summed E-state index contributed by atoms with van der Waals surface area (Å²) in [5.41, 5.74) is 6.83. The standard InChI is InChI=1S/C26H24N2/c1-5-8-10-24-17(4)21-15-18(11-13-25(21)28-24)19-12-14-26-22(16-19)20(9-6-2)23(7-3)27-26/h5-16,27-28H,3-4H2,1-2H3/b8-5-,9-6-,24-10+. The quantitative estimate of drug-likeness (QED) is 0.461. The van der Waals surface area contributed by atoms with Crippen molar-refractivity contribution in [1.29, 1.82) is 0 Å². The smallest absolute Gasteiger partial charge is 0.0465 e. The highest BCUT2D eigenvalue weighted by atomic mass is 14.7. The number of nitrogens with one attached hydrogen (secondary N) is 2. The molecular weight excluding hydrogens is 340 g/mol. The number of H-pyrrole nitrogens is 2. The van der Waals surface area contributed by atoms with Gasteiger partial charge in [-0.2, -0.15) is 0 Å². The molecule has 0 atom stereocenters. The zero-order valence-corrected chi connectivity index (χ0v) is 16.3. The van der Waals surface area contributed by atoms with Crippen molar-refractivity contribution in [3.63, 3.8) is 0 Å². The summed E-state index contributed by atoms with van der Waals surface area (Å²) < 4.78 is 0. The molecule has 0 aliphatic rings. The lowest BCUT2D eigenvalue weighted by atomic mass is 10.0. The second-order valence-corrected chi connectivity index (χ2v) is 6.89. The highest BCUT2D eigenvalue weighted by Crippen LogP contribution is 2.30. The summed E-state index contributed by atoms with van der Waals surface area (Å²) >= 11 is 0. The molecule has 0 spiro atoms. The molecule has 0 bridgehead atoms. The summed E-state index contributed by atoms with van der Waals surface area (Å²) in [7, 11) is 0. The molecule has 2 heteroatoms. The molecule has 2 heterocycles. The minimum atomic E-state index is 1.03. The molecule has 0 radical (unpaired) electrons. The molecule has 2 nitrogen and oxygen atoms in total. The Morgan fingerprint density at radius 1 is 0.857 bits per heavy atom. The lowest BCUT2D eigenvalue weighted by Gasteiger charge is -2.03. The van der Waals surface area contributed by atoms with Crippen LogP contribution in [0.25, 0.3) is 57.7 Å². The summed E-state index contributed by atoms with van der Waals surface area (Å²) in [5, 5.41) is 4.44. The van der Waals surface area contributed by atoms with E-state index in [-0.39, 0.29) is 0 Å². The van der Waals surface area contributed by atoms with Crippen molar-refractivity contribution in [3.8, 4) is 11.1 Å². The molecule has 28 heavy (non-hydrogen) atoms. The highest BCUT2D eigenvalue weighted by molar-refractivity contribution is 5.96. The van der Waals surface area contributed by atoms with Crippen LogP contribution in [0.4, 0.5) is 0 Å². The van der Waals surface area contributed by atoms with Crippen LogP contribution in [-0.2, 0) is 0 Å². The molecule has 2 N–H and O–H groups in total. The van der Waals surface area contributed by atoms with E-state index in [1.54, 1.807) is 0 Å². The molecule has 0 unspecified atom stereocenters. The third kappa shape index (κ3) is 2.93. The number of aromatic nitrogens is 2. The van der Waals surface area contributed by atoms with Gasteiger partial charge in [0.2, 0.25) is 0 Å². The van der Waals surface area contributed by atoms with Crippen LogP contribution in [-0.4, -0.2) is 9.97 Å². The van der Waals surface area contributed by atoms with E-state index >= 15 is 0 Å². The zero-order valence-electron chi connectivity index (χ0n) is 16.3. The van der Waals surface area contributed by atoms with Crippen LogP contribution in [0.5, 0.6) is 0 Å². The van der Waals surface area contributed by atoms with Crippen LogP contribution in [0.2, 0.25) is 0 Å². The lowest BCUT2D eigenvalue weighted by Crippen LogP contribution is -2.20. The maximum atomic E-state index is 4.28. The fourth-order valence-electron chi connectivity index (χ4n) is 3.70. The second-order valence-electron chi connectivity index (χ2n) is 6.89. The van der Waals surface area contributed by atoms with Gasteiger partial charge in [0.25, 0.3) is 0 Å². The van der Waals surface area contributed by atoms with E-state index in [1.165, 1.54) is 22.1 Å². The molecule has 2 aromatic heterocycles. The van der Waals surface area contributed by atoms with Gasteiger partial charge >= 0.3 is 0 Å². The van der Waals surface area contributed by atoms with Crippen LogP contribution in [0.15, 0.2) is 61.2 Å². The van der Waals surface area contributed by atoms with E-state index in [4.69, 9.17) is 0 Å². The molecule has 0 saturated carbocycles. The molecule has 0 amide bonds. The molecule has 0 aliphatic heterocycles. The van der Waals surface area contributed by atoms with Gasteiger partial charge in [-0.05, 0) is 61.4 Å². The van der Waals surface area contributed by atoms with E-state index in [0.717, 1.165) is 32.7 Å². The van der Waals surface area contributed by atoms with Crippen LogP contribution in [0, 0.1) is 0 Å². The lowest BCUT2D eigenvalue weighted by molar-refractivity contribution is 1.36. The van der Waals surface area contributed by atoms with Crippen LogP contribution >= 0.6 is 0 Å². The molecule has 0 aliphatic carbocycles. The minimum Gasteiger partial charge on any atom is -0.355 e. The summed E-state index contributed by atoms with van der Waals surface area (Å²) in [6, 6.07) is 13.1. The van der Waals surface area contributed by atoms with Gasteiger partial charge in [0.1, 0.15) is 0 Å². The monoisotopic (exact) mass is 364 g/mol. The maximum Gasteiger partial charge on any atom is 0.0465 e. The number of allylic oxidation sites excluding steroid dienone is 3. The largest absolute Gasteiger partial charge is 0.355 e. The zero-order chi connectivity index (χ0) is 19.7. The second kappa shape index (κ2) is 7.24. The van der Waals surface area contributed by atoms with E-state index in [0.29, 0.717) is 0 Å². The number of benzene rings is 2. The van der Waals surface area contributed by atoms with Gasteiger partial charge in [0.15, 0.2) is 0 Å². The Labute approximate surface area is 164 Å². The van der Waals surface area contributed by atoms with Crippen molar-refractivity contribution in [2.45, 2.75) is 13.8 Å². The first kappa shape index (κ1) is 17.9. The third-order valence-corrected chi connectivity index (χ3v) is 5.13. The molecular formula is C26H24N2. The first-order valence-corrected chi connectivity index (χ1v) is 9.51. The SMILES string of the molecule is C=Cc1[nH]c2ccc(-c3ccc4[nH]/c(=C/C=C\C)c(=C)c4c3)cc2c1/C=C\C.